The molecule has 0 heterocycles. The predicted molar refractivity (Wildman–Crippen MR) is 69.3 cm³/mol. The van der Waals surface area contributed by atoms with Crippen LogP contribution in [0.5, 0.6) is 0 Å². The maximum Gasteiger partial charge on any atom is 0.339 e. The van der Waals surface area contributed by atoms with Gasteiger partial charge in [-0.2, -0.15) is 0 Å². The average molecular weight is 334 g/mol. The molecular weight excluding hydrogens is 321 g/mol. The number of nitrogens with one attached hydrogen (secondary N) is 1. The molecule has 1 rings (SSSR count). The lowest BCUT2D eigenvalue weighted by Gasteiger charge is -2.07. The smallest absolute Gasteiger partial charge is 0.339 e. The van der Waals surface area contributed by atoms with E-state index in [4.69, 9.17) is 9.47 Å². The van der Waals surface area contributed by atoms with Crippen LogP contribution in [0.4, 0.5) is 4.39 Å². The molecule has 19 heavy (non-hydrogen) atoms. The third kappa shape index (κ3) is 5.35. The third-order valence-corrected chi connectivity index (χ3v) is 2.77. The molecule has 0 radical (unpaired) electrons. The number of carbonyl (C=O) groups excluding carboxylic acids is 2. The first-order valence-corrected chi connectivity index (χ1v) is 6.21. The van der Waals surface area contributed by atoms with Gasteiger partial charge in [-0.1, -0.05) is 0 Å². The van der Waals surface area contributed by atoms with Gasteiger partial charge in [0.15, 0.2) is 6.61 Å². The lowest BCUT2D eigenvalue weighted by atomic mass is 10.2. The summed E-state index contributed by atoms with van der Waals surface area (Å²) in [5, 5.41) is 2.50. The van der Waals surface area contributed by atoms with Crippen molar-refractivity contribution >= 4 is 27.8 Å². The molecular formula is C12H13BrFNO4. The fourth-order valence-electron chi connectivity index (χ4n) is 1.21. The van der Waals surface area contributed by atoms with E-state index in [0.717, 1.165) is 12.1 Å². The number of benzene rings is 1. The van der Waals surface area contributed by atoms with Gasteiger partial charge in [0.05, 0.1) is 12.2 Å². The molecule has 0 spiro atoms. The van der Waals surface area contributed by atoms with E-state index >= 15 is 0 Å². The SMILES string of the molecule is COCCNC(=O)COC(=O)c1ccc(F)cc1Br. The first-order valence-electron chi connectivity index (χ1n) is 5.42. The number of rotatable bonds is 6. The molecule has 0 fully saturated rings. The molecule has 104 valence electrons. The molecule has 1 aromatic carbocycles. The maximum atomic E-state index is 12.8. The van der Waals surface area contributed by atoms with Crippen LogP contribution in [0.3, 0.4) is 0 Å². The molecule has 1 amide bonds. The molecule has 0 aliphatic rings. The Hall–Kier alpha value is -1.47. The van der Waals surface area contributed by atoms with Crippen LogP contribution in [0.15, 0.2) is 22.7 Å². The van der Waals surface area contributed by atoms with E-state index in [1.54, 1.807) is 0 Å². The monoisotopic (exact) mass is 333 g/mol. The predicted octanol–water partition coefficient (Wildman–Crippen LogP) is 1.51. The van der Waals surface area contributed by atoms with E-state index in [9.17, 15) is 14.0 Å². The lowest BCUT2D eigenvalue weighted by Crippen LogP contribution is -2.31. The Morgan fingerprint density at radius 3 is 2.79 bits per heavy atom. The Bertz CT molecular complexity index is 467. The van der Waals surface area contributed by atoms with Crippen LogP contribution in [0.1, 0.15) is 10.4 Å². The molecule has 1 aromatic rings. The summed E-state index contributed by atoms with van der Waals surface area (Å²) in [4.78, 5) is 22.9. The van der Waals surface area contributed by atoms with Crippen molar-refractivity contribution in [3.05, 3.63) is 34.1 Å². The van der Waals surface area contributed by atoms with Crippen LogP contribution >= 0.6 is 15.9 Å². The highest BCUT2D eigenvalue weighted by atomic mass is 79.9. The normalized spacial score (nSPS) is 10.1. The van der Waals surface area contributed by atoms with E-state index in [-0.39, 0.29) is 10.0 Å². The van der Waals surface area contributed by atoms with E-state index in [1.807, 2.05) is 0 Å². The highest BCUT2D eigenvalue weighted by Gasteiger charge is 2.13. The van der Waals surface area contributed by atoms with Crippen molar-refractivity contribution in [2.45, 2.75) is 0 Å². The van der Waals surface area contributed by atoms with E-state index < -0.39 is 24.3 Å². The minimum atomic E-state index is -0.700. The molecule has 0 saturated heterocycles. The zero-order chi connectivity index (χ0) is 14.3. The summed E-state index contributed by atoms with van der Waals surface area (Å²) in [6.45, 7) is 0.322. The van der Waals surface area contributed by atoms with Crippen LogP contribution < -0.4 is 5.32 Å². The second-order valence-corrected chi connectivity index (χ2v) is 4.40. The molecule has 0 saturated carbocycles. The van der Waals surface area contributed by atoms with Crippen molar-refractivity contribution in [1.82, 2.24) is 5.32 Å². The fraction of sp³-hybridized carbons (Fsp3) is 0.333. The molecule has 0 bridgehead atoms. The van der Waals surface area contributed by atoms with Gasteiger partial charge in [0.25, 0.3) is 5.91 Å². The number of amides is 1. The summed E-state index contributed by atoms with van der Waals surface area (Å²) in [5.74, 6) is -1.60. The number of hydrogen-bond acceptors (Lipinski definition) is 4. The van der Waals surface area contributed by atoms with Gasteiger partial charge in [0.2, 0.25) is 0 Å². The molecule has 1 N–H and O–H groups in total. The van der Waals surface area contributed by atoms with E-state index in [0.29, 0.717) is 13.2 Å². The molecule has 0 aliphatic heterocycles. The van der Waals surface area contributed by atoms with Gasteiger partial charge in [0.1, 0.15) is 5.82 Å². The van der Waals surface area contributed by atoms with Crippen molar-refractivity contribution in [3.63, 3.8) is 0 Å². The van der Waals surface area contributed by atoms with Crippen molar-refractivity contribution in [3.8, 4) is 0 Å². The van der Waals surface area contributed by atoms with Gasteiger partial charge in [-0.25, -0.2) is 9.18 Å². The number of hydrogen-bond donors (Lipinski definition) is 1. The van der Waals surface area contributed by atoms with Crippen molar-refractivity contribution in [2.24, 2.45) is 0 Å². The first kappa shape index (κ1) is 15.6. The van der Waals surface area contributed by atoms with Crippen molar-refractivity contribution in [2.75, 3.05) is 26.9 Å². The minimum absolute atomic E-state index is 0.158. The van der Waals surface area contributed by atoms with Crippen LogP contribution in [0, 0.1) is 5.82 Å². The summed E-state index contributed by atoms with van der Waals surface area (Å²) in [5.41, 5.74) is 0.158. The topological polar surface area (TPSA) is 64.6 Å². The number of esters is 1. The molecule has 0 aliphatic carbocycles. The van der Waals surface area contributed by atoms with Crippen molar-refractivity contribution < 1.29 is 23.5 Å². The second-order valence-electron chi connectivity index (χ2n) is 3.54. The molecule has 5 nitrogen and oxygen atoms in total. The quantitative estimate of drug-likeness (QED) is 0.633. The van der Waals surface area contributed by atoms with Gasteiger partial charge >= 0.3 is 5.97 Å². The van der Waals surface area contributed by atoms with Gasteiger partial charge in [-0.15, -0.1) is 0 Å². The summed E-state index contributed by atoms with van der Waals surface area (Å²) >= 11 is 3.05. The zero-order valence-corrected chi connectivity index (χ0v) is 11.8. The fourth-order valence-corrected chi connectivity index (χ4v) is 1.72. The zero-order valence-electron chi connectivity index (χ0n) is 10.2. The second kappa shape index (κ2) is 7.85. The lowest BCUT2D eigenvalue weighted by molar-refractivity contribution is -0.124. The maximum absolute atomic E-state index is 12.8. The highest BCUT2D eigenvalue weighted by molar-refractivity contribution is 9.10. The van der Waals surface area contributed by atoms with E-state index in [1.165, 1.54) is 13.2 Å². The van der Waals surface area contributed by atoms with Crippen LogP contribution in [-0.4, -0.2) is 38.7 Å². The van der Waals surface area contributed by atoms with Crippen LogP contribution in [0.2, 0.25) is 0 Å². The highest BCUT2D eigenvalue weighted by Crippen LogP contribution is 2.18. The summed E-state index contributed by atoms with van der Waals surface area (Å²) < 4.78 is 22.7. The summed E-state index contributed by atoms with van der Waals surface area (Å²) in [7, 11) is 1.51. The molecule has 0 aromatic heterocycles. The number of carbonyl (C=O) groups is 2. The summed E-state index contributed by atoms with van der Waals surface area (Å²) in [6, 6.07) is 3.57. The Morgan fingerprint density at radius 2 is 2.16 bits per heavy atom. The van der Waals surface area contributed by atoms with Crippen LogP contribution in [-0.2, 0) is 14.3 Å². The summed E-state index contributed by atoms with van der Waals surface area (Å²) in [6.07, 6.45) is 0. The van der Waals surface area contributed by atoms with Gasteiger partial charge < -0.3 is 14.8 Å². The number of ether oxygens (including phenoxy) is 2. The average Bonchev–Trinajstić information content (AvgIpc) is 2.36. The standard InChI is InChI=1S/C12H13BrFNO4/c1-18-5-4-15-11(16)7-19-12(17)9-3-2-8(14)6-10(9)13/h2-3,6H,4-5,7H2,1H3,(H,15,16). The van der Waals surface area contributed by atoms with Crippen LogP contribution in [0.25, 0.3) is 0 Å². The van der Waals surface area contributed by atoms with Gasteiger partial charge in [0, 0.05) is 18.1 Å². The number of methoxy groups -OCH3 is 1. The largest absolute Gasteiger partial charge is 0.452 e. The molecule has 0 unspecified atom stereocenters. The van der Waals surface area contributed by atoms with E-state index in [2.05, 4.69) is 21.2 Å². The van der Waals surface area contributed by atoms with Gasteiger partial charge in [-0.3, -0.25) is 4.79 Å². The molecule has 7 heteroatoms. The van der Waals surface area contributed by atoms with Gasteiger partial charge in [-0.05, 0) is 34.1 Å². The van der Waals surface area contributed by atoms with Crippen molar-refractivity contribution in [1.29, 1.82) is 0 Å². The Balaban J connectivity index is 2.45. The molecule has 0 atom stereocenters. The third-order valence-electron chi connectivity index (χ3n) is 2.11. The Kier molecular flexibility index (Phi) is 6.44. The first-order chi connectivity index (χ1) is 9.04. The number of halogens is 2. The Morgan fingerprint density at radius 1 is 1.42 bits per heavy atom. The minimum Gasteiger partial charge on any atom is -0.452 e. The Labute approximate surface area is 118 Å².